The van der Waals surface area contributed by atoms with Gasteiger partial charge in [0.2, 0.25) is 0 Å². The molecule has 0 N–H and O–H groups in total. The van der Waals surface area contributed by atoms with Gasteiger partial charge in [-0.3, -0.25) is 4.40 Å². The molecular formula is C47H34N2. The fraction of sp³-hybridized carbons (Fsp3) is 0.0426. The number of aromatic nitrogens is 2. The summed E-state index contributed by atoms with van der Waals surface area (Å²) in [7, 11) is 0. The maximum absolute atomic E-state index is 5.17. The molecule has 6 aromatic carbocycles. The van der Waals surface area contributed by atoms with Crippen molar-refractivity contribution in [3.63, 3.8) is 0 Å². The summed E-state index contributed by atoms with van der Waals surface area (Å²) in [4.78, 5) is 5.17. The van der Waals surface area contributed by atoms with Crippen molar-refractivity contribution < 1.29 is 0 Å². The van der Waals surface area contributed by atoms with Gasteiger partial charge in [-0.2, -0.15) is 0 Å². The predicted octanol–water partition coefficient (Wildman–Crippen LogP) is 12.6. The quantitative estimate of drug-likeness (QED) is 0.137. The number of nitrogens with zero attached hydrogens (tertiary/aromatic N) is 2. The van der Waals surface area contributed by atoms with Crippen molar-refractivity contribution in [2.45, 2.75) is 12.8 Å². The molecule has 9 rings (SSSR count). The van der Waals surface area contributed by atoms with Crippen molar-refractivity contribution in [1.29, 1.82) is 0 Å². The summed E-state index contributed by atoms with van der Waals surface area (Å²) in [5.74, 6) is 0. The highest BCUT2D eigenvalue weighted by Gasteiger charge is 2.18. The Bertz CT molecular complexity index is 2620. The van der Waals surface area contributed by atoms with Gasteiger partial charge in [-0.05, 0) is 110 Å². The number of hydrogen-bond donors (Lipinski definition) is 0. The summed E-state index contributed by atoms with van der Waals surface area (Å²) in [5, 5.41) is 5.06. The molecule has 2 aromatic heterocycles. The first-order valence-corrected chi connectivity index (χ1v) is 16.9. The third-order valence-corrected chi connectivity index (χ3v) is 9.71. The second kappa shape index (κ2) is 12.1. The number of hydrogen-bond acceptors (Lipinski definition) is 1. The predicted molar refractivity (Wildman–Crippen MR) is 207 cm³/mol. The molecule has 2 heteroatoms. The maximum atomic E-state index is 5.17. The minimum atomic E-state index is 0.857. The van der Waals surface area contributed by atoms with Crippen molar-refractivity contribution in [3.8, 4) is 44.8 Å². The zero-order chi connectivity index (χ0) is 32.7. The number of fused-ring (bicyclic) bond motifs is 4. The van der Waals surface area contributed by atoms with Crippen molar-refractivity contribution in [1.82, 2.24) is 9.38 Å². The molecule has 8 aromatic rings. The van der Waals surface area contributed by atoms with E-state index in [1.807, 2.05) is 6.07 Å². The van der Waals surface area contributed by atoms with Crippen LogP contribution in [0.25, 0.3) is 77.5 Å². The molecular weight excluding hydrogens is 593 g/mol. The molecule has 2 nitrogen and oxygen atoms in total. The molecule has 0 unspecified atom stereocenters. The van der Waals surface area contributed by atoms with Crippen LogP contribution in [0.4, 0.5) is 0 Å². The highest BCUT2D eigenvalue weighted by molar-refractivity contribution is 6.14. The van der Waals surface area contributed by atoms with Crippen LogP contribution in [0.3, 0.4) is 0 Å². The average Bonchev–Trinajstić information content (AvgIpc) is 3.42. The molecule has 0 spiro atoms. The van der Waals surface area contributed by atoms with Gasteiger partial charge in [-0.1, -0.05) is 134 Å². The van der Waals surface area contributed by atoms with E-state index in [1.54, 1.807) is 0 Å². The van der Waals surface area contributed by atoms with E-state index in [-0.39, 0.29) is 0 Å². The van der Waals surface area contributed by atoms with Gasteiger partial charge in [-0.15, -0.1) is 0 Å². The summed E-state index contributed by atoms with van der Waals surface area (Å²) in [6.07, 6.45) is 10.5. The Morgan fingerprint density at radius 1 is 0.551 bits per heavy atom. The van der Waals surface area contributed by atoms with Gasteiger partial charge in [-0.25, -0.2) is 4.98 Å². The number of imidazole rings is 1. The van der Waals surface area contributed by atoms with Gasteiger partial charge in [0.25, 0.3) is 0 Å². The Morgan fingerprint density at radius 2 is 1.24 bits per heavy atom. The Balaban J connectivity index is 1.26. The lowest BCUT2D eigenvalue weighted by atomic mass is 9.88. The lowest BCUT2D eigenvalue weighted by Gasteiger charge is -2.16. The van der Waals surface area contributed by atoms with Crippen LogP contribution in [0.2, 0.25) is 0 Å². The van der Waals surface area contributed by atoms with Crippen LogP contribution < -0.4 is 0 Å². The smallest absolute Gasteiger partial charge is 0.137 e. The summed E-state index contributed by atoms with van der Waals surface area (Å²) < 4.78 is 2.19. The molecule has 232 valence electrons. The Labute approximate surface area is 286 Å². The van der Waals surface area contributed by atoms with Crippen molar-refractivity contribution in [2.24, 2.45) is 0 Å². The van der Waals surface area contributed by atoms with E-state index in [0.717, 1.165) is 46.6 Å². The average molecular weight is 627 g/mol. The minimum Gasteiger partial charge on any atom is -0.299 e. The fourth-order valence-electron chi connectivity index (χ4n) is 7.36. The Morgan fingerprint density at radius 3 is 2.14 bits per heavy atom. The van der Waals surface area contributed by atoms with E-state index in [0.29, 0.717) is 0 Å². The van der Waals surface area contributed by atoms with Crippen molar-refractivity contribution in [2.75, 3.05) is 0 Å². The topological polar surface area (TPSA) is 17.3 Å². The van der Waals surface area contributed by atoms with Crippen LogP contribution in [0.15, 0.2) is 182 Å². The second-order valence-corrected chi connectivity index (χ2v) is 12.9. The highest BCUT2D eigenvalue weighted by atomic mass is 15.0. The zero-order valence-corrected chi connectivity index (χ0v) is 27.2. The van der Waals surface area contributed by atoms with Crippen LogP contribution in [-0.4, -0.2) is 9.38 Å². The van der Waals surface area contributed by atoms with E-state index in [2.05, 4.69) is 175 Å². The molecule has 0 fully saturated rings. The standard InChI is InChI=1S/C47H34N2/c1-32-14-5-6-17-34(26-32)38-28-39(30-40(29-38)44-31-36-18-7-8-21-41(36)42-22-9-10-23-43(42)44)35-19-13-20-37(27-35)46-47(33-15-3-2-4-16-33)49-25-12-11-24-45(49)48-46/h2-13,15-25,27-31H,1,14,26H2. The molecule has 0 saturated carbocycles. The summed E-state index contributed by atoms with van der Waals surface area (Å²) in [5.41, 5.74) is 13.8. The molecule has 0 bridgehead atoms. The second-order valence-electron chi connectivity index (χ2n) is 12.9. The normalized spacial score (nSPS) is 13.2. The van der Waals surface area contributed by atoms with Gasteiger partial charge in [0.05, 0.1) is 11.4 Å². The number of rotatable bonds is 5. The summed E-state index contributed by atoms with van der Waals surface area (Å²) in [6.45, 7) is 4.38. The zero-order valence-electron chi connectivity index (χ0n) is 27.2. The number of benzene rings is 6. The third-order valence-electron chi connectivity index (χ3n) is 9.71. The van der Waals surface area contributed by atoms with Crippen LogP contribution >= 0.6 is 0 Å². The maximum Gasteiger partial charge on any atom is 0.137 e. The number of pyridine rings is 1. The summed E-state index contributed by atoms with van der Waals surface area (Å²) >= 11 is 0. The minimum absolute atomic E-state index is 0.857. The van der Waals surface area contributed by atoms with Gasteiger partial charge in [0.1, 0.15) is 5.65 Å². The van der Waals surface area contributed by atoms with E-state index >= 15 is 0 Å². The van der Waals surface area contributed by atoms with Gasteiger partial charge >= 0.3 is 0 Å². The molecule has 0 saturated heterocycles. The van der Waals surface area contributed by atoms with Crippen LogP contribution in [0, 0.1) is 0 Å². The van der Waals surface area contributed by atoms with Crippen LogP contribution in [-0.2, 0) is 0 Å². The van der Waals surface area contributed by atoms with Crippen LogP contribution in [0.5, 0.6) is 0 Å². The van der Waals surface area contributed by atoms with E-state index < -0.39 is 0 Å². The molecule has 49 heavy (non-hydrogen) atoms. The molecule has 0 radical (unpaired) electrons. The molecule has 0 amide bonds. The van der Waals surface area contributed by atoms with Crippen LogP contribution in [0.1, 0.15) is 18.4 Å². The van der Waals surface area contributed by atoms with E-state index in [1.165, 1.54) is 54.9 Å². The molecule has 1 aliphatic rings. The molecule has 0 aliphatic heterocycles. The van der Waals surface area contributed by atoms with Gasteiger partial charge in [0, 0.05) is 17.3 Å². The van der Waals surface area contributed by atoms with Crippen molar-refractivity contribution >= 4 is 32.8 Å². The Hall–Kier alpha value is -6.25. The fourth-order valence-corrected chi connectivity index (χ4v) is 7.36. The SMILES string of the molecule is C=C1CC=CC=C(c2cc(-c3cccc(-c4nc5ccccn5c4-c4ccccc4)c3)cc(-c3cc4ccccc4c4ccccc34)c2)C1. The monoisotopic (exact) mass is 626 g/mol. The highest BCUT2D eigenvalue weighted by Crippen LogP contribution is 2.40. The molecule has 1 aliphatic carbocycles. The van der Waals surface area contributed by atoms with E-state index in [4.69, 9.17) is 4.98 Å². The first-order chi connectivity index (χ1) is 24.2. The van der Waals surface area contributed by atoms with Gasteiger partial charge in [0.15, 0.2) is 0 Å². The Kier molecular flexibility index (Phi) is 7.13. The summed E-state index contributed by atoms with van der Waals surface area (Å²) in [6, 6.07) is 52.6. The lowest BCUT2D eigenvalue weighted by Crippen LogP contribution is -1.92. The lowest BCUT2D eigenvalue weighted by molar-refractivity contribution is 1.14. The first-order valence-electron chi connectivity index (χ1n) is 16.9. The molecule has 2 heterocycles. The molecule has 0 atom stereocenters. The number of allylic oxidation sites excluding steroid dienone is 5. The first kappa shape index (κ1) is 28.9. The van der Waals surface area contributed by atoms with E-state index in [9.17, 15) is 0 Å². The largest absolute Gasteiger partial charge is 0.299 e. The van der Waals surface area contributed by atoms with Crippen molar-refractivity contribution in [3.05, 3.63) is 188 Å². The van der Waals surface area contributed by atoms with Gasteiger partial charge < -0.3 is 0 Å². The third kappa shape index (κ3) is 5.28.